The van der Waals surface area contributed by atoms with Gasteiger partial charge in [0.25, 0.3) is 0 Å². The molecule has 0 spiro atoms. The summed E-state index contributed by atoms with van der Waals surface area (Å²) in [6.07, 6.45) is 6.30. The van der Waals surface area contributed by atoms with Crippen molar-refractivity contribution in [3.8, 4) is 0 Å². The van der Waals surface area contributed by atoms with Gasteiger partial charge in [0.15, 0.2) is 0 Å². The van der Waals surface area contributed by atoms with E-state index in [-0.39, 0.29) is 11.9 Å². The highest BCUT2D eigenvalue weighted by molar-refractivity contribution is 7.98. The Hall–Kier alpha value is -2.02. The number of thioether (sulfide) groups is 1. The highest BCUT2D eigenvalue weighted by Gasteiger charge is 2.30. The number of hydrogen-bond acceptors (Lipinski definition) is 4. The van der Waals surface area contributed by atoms with Crippen LogP contribution in [0, 0.1) is 0 Å². The maximum absolute atomic E-state index is 12.6. The van der Waals surface area contributed by atoms with Crippen LogP contribution in [0.15, 0.2) is 29.2 Å². The zero-order valence-electron chi connectivity index (χ0n) is 14.4. The summed E-state index contributed by atoms with van der Waals surface area (Å²) in [6, 6.07) is 7.94. The third-order valence-electron chi connectivity index (χ3n) is 5.05. The van der Waals surface area contributed by atoms with Crippen LogP contribution < -0.4 is 5.32 Å². The molecule has 0 saturated carbocycles. The summed E-state index contributed by atoms with van der Waals surface area (Å²) in [5.41, 5.74) is 0.841. The second-order valence-corrected chi connectivity index (χ2v) is 7.55. The largest absolute Gasteiger partial charge is 0.324 e. The molecule has 2 aliphatic heterocycles. The van der Waals surface area contributed by atoms with Crippen LogP contribution in [0.1, 0.15) is 36.8 Å². The first kappa shape index (κ1) is 16.4. The SMILES string of the molecule is CSc1ccc(NC(=O)N2CCCC(c3nnc4n3CCC4)C2)cc1. The van der Waals surface area contributed by atoms with Gasteiger partial charge in [0.05, 0.1) is 0 Å². The second-order valence-electron chi connectivity index (χ2n) is 6.67. The molecule has 1 unspecified atom stereocenters. The Morgan fingerprint density at radius 2 is 2.04 bits per heavy atom. The van der Waals surface area contributed by atoms with Crippen LogP contribution in [0.3, 0.4) is 0 Å². The number of carbonyl (C=O) groups is 1. The number of nitrogens with one attached hydrogen (secondary N) is 1. The number of fused-ring (bicyclic) bond motifs is 1. The van der Waals surface area contributed by atoms with E-state index in [1.807, 2.05) is 35.4 Å². The number of carbonyl (C=O) groups excluding carboxylic acids is 1. The normalized spacial score (nSPS) is 19.7. The van der Waals surface area contributed by atoms with Gasteiger partial charge in [0.1, 0.15) is 11.6 Å². The van der Waals surface area contributed by atoms with E-state index in [0.717, 1.165) is 56.1 Å². The number of benzene rings is 1. The van der Waals surface area contributed by atoms with Gasteiger partial charge < -0.3 is 14.8 Å². The van der Waals surface area contributed by atoms with E-state index in [4.69, 9.17) is 0 Å². The number of piperidine rings is 1. The molecule has 0 radical (unpaired) electrons. The summed E-state index contributed by atoms with van der Waals surface area (Å²) in [5, 5.41) is 11.7. The number of aromatic nitrogens is 3. The highest BCUT2D eigenvalue weighted by Crippen LogP contribution is 2.29. The summed E-state index contributed by atoms with van der Waals surface area (Å²) < 4.78 is 2.26. The Bertz CT molecular complexity index is 757. The first-order chi connectivity index (χ1) is 12.2. The molecular weight excluding hydrogens is 334 g/mol. The molecule has 7 heteroatoms. The number of aryl methyl sites for hydroxylation is 1. The minimum Gasteiger partial charge on any atom is -0.324 e. The third kappa shape index (κ3) is 3.38. The van der Waals surface area contributed by atoms with Crippen molar-refractivity contribution in [1.82, 2.24) is 19.7 Å². The zero-order chi connectivity index (χ0) is 17.2. The highest BCUT2D eigenvalue weighted by atomic mass is 32.2. The van der Waals surface area contributed by atoms with E-state index < -0.39 is 0 Å². The van der Waals surface area contributed by atoms with E-state index in [2.05, 4.69) is 20.1 Å². The van der Waals surface area contributed by atoms with Gasteiger partial charge in [-0.05, 0) is 49.8 Å². The number of likely N-dealkylation sites (tertiary alicyclic amines) is 1. The number of rotatable bonds is 3. The Kier molecular flexibility index (Phi) is 4.65. The molecule has 2 aromatic rings. The molecule has 6 nitrogen and oxygen atoms in total. The number of anilines is 1. The average molecular weight is 357 g/mol. The quantitative estimate of drug-likeness (QED) is 0.856. The van der Waals surface area contributed by atoms with Crippen molar-refractivity contribution in [1.29, 1.82) is 0 Å². The van der Waals surface area contributed by atoms with E-state index in [1.165, 1.54) is 4.90 Å². The standard InChI is InChI=1S/C18H23N5OS/c1-25-15-8-6-14(7-9-15)19-18(24)22-10-2-4-13(12-22)17-21-20-16-5-3-11-23(16)17/h6-9,13H,2-5,10-12H2,1H3,(H,19,24). The van der Waals surface area contributed by atoms with Crippen molar-refractivity contribution >= 4 is 23.5 Å². The molecule has 1 aromatic heterocycles. The minimum absolute atomic E-state index is 0.0252. The van der Waals surface area contributed by atoms with Crippen molar-refractivity contribution in [2.75, 3.05) is 24.7 Å². The molecule has 25 heavy (non-hydrogen) atoms. The smallest absolute Gasteiger partial charge is 0.321 e. The number of amides is 2. The molecule has 1 N–H and O–H groups in total. The van der Waals surface area contributed by atoms with Gasteiger partial charge >= 0.3 is 6.03 Å². The van der Waals surface area contributed by atoms with E-state index >= 15 is 0 Å². The monoisotopic (exact) mass is 357 g/mol. The van der Waals surface area contributed by atoms with E-state index in [9.17, 15) is 4.79 Å². The molecule has 132 valence electrons. The van der Waals surface area contributed by atoms with Crippen molar-refractivity contribution in [3.05, 3.63) is 35.9 Å². The Labute approximate surface area is 152 Å². The summed E-state index contributed by atoms with van der Waals surface area (Å²) in [5.74, 6) is 2.46. The lowest BCUT2D eigenvalue weighted by atomic mass is 9.97. The molecule has 1 atom stereocenters. The minimum atomic E-state index is -0.0252. The van der Waals surface area contributed by atoms with Gasteiger partial charge in [-0.25, -0.2) is 4.79 Å². The fourth-order valence-corrected chi connectivity index (χ4v) is 4.13. The average Bonchev–Trinajstić information content (AvgIpc) is 3.26. The van der Waals surface area contributed by atoms with Gasteiger partial charge in [-0.3, -0.25) is 0 Å². The van der Waals surface area contributed by atoms with E-state index in [1.54, 1.807) is 11.8 Å². The first-order valence-corrected chi connectivity index (χ1v) is 10.1. The van der Waals surface area contributed by atoms with Gasteiger partial charge in [0.2, 0.25) is 0 Å². The molecule has 4 rings (SSSR count). The second kappa shape index (κ2) is 7.07. The van der Waals surface area contributed by atoms with Gasteiger partial charge in [-0.1, -0.05) is 0 Å². The molecule has 3 heterocycles. The molecule has 1 aromatic carbocycles. The molecule has 2 aliphatic rings. The molecule has 0 bridgehead atoms. The van der Waals surface area contributed by atoms with Gasteiger partial charge in [0, 0.05) is 42.6 Å². The van der Waals surface area contributed by atoms with Gasteiger partial charge in [-0.2, -0.15) is 0 Å². The summed E-state index contributed by atoms with van der Waals surface area (Å²) in [4.78, 5) is 15.7. The van der Waals surface area contributed by atoms with Crippen LogP contribution in [-0.2, 0) is 13.0 Å². The van der Waals surface area contributed by atoms with Crippen molar-refractivity contribution in [3.63, 3.8) is 0 Å². The number of nitrogens with zero attached hydrogens (tertiary/aromatic N) is 4. The predicted molar refractivity (Wildman–Crippen MR) is 99.1 cm³/mol. The van der Waals surface area contributed by atoms with Crippen molar-refractivity contribution in [2.45, 2.75) is 43.0 Å². The fraction of sp³-hybridized carbons (Fsp3) is 0.500. The summed E-state index contributed by atoms with van der Waals surface area (Å²) in [7, 11) is 0. The third-order valence-corrected chi connectivity index (χ3v) is 5.80. The first-order valence-electron chi connectivity index (χ1n) is 8.86. The number of urea groups is 1. The lowest BCUT2D eigenvalue weighted by Crippen LogP contribution is -2.42. The molecule has 1 saturated heterocycles. The van der Waals surface area contributed by atoms with Crippen molar-refractivity contribution < 1.29 is 4.79 Å². The summed E-state index contributed by atoms with van der Waals surface area (Å²) in [6.45, 7) is 2.53. The maximum atomic E-state index is 12.6. The lowest BCUT2D eigenvalue weighted by molar-refractivity contribution is 0.190. The Morgan fingerprint density at radius 1 is 1.20 bits per heavy atom. The molecular formula is C18H23N5OS. The lowest BCUT2D eigenvalue weighted by Gasteiger charge is -2.32. The number of hydrogen-bond donors (Lipinski definition) is 1. The van der Waals surface area contributed by atoms with Crippen LogP contribution >= 0.6 is 11.8 Å². The van der Waals surface area contributed by atoms with Crippen LogP contribution in [0.4, 0.5) is 10.5 Å². The molecule has 0 aliphatic carbocycles. The maximum Gasteiger partial charge on any atom is 0.321 e. The van der Waals surface area contributed by atoms with Crippen LogP contribution in [0.5, 0.6) is 0 Å². The van der Waals surface area contributed by atoms with Crippen molar-refractivity contribution in [2.24, 2.45) is 0 Å². The topological polar surface area (TPSA) is 63.1 Å². The predicted octanol–water partition coefficient (Wildman–Crippen LogP) is 3.36. The fourth-order valence-electron chi connectivity index (χ4n) is 3.72. The zero-order valence-corrected chi connectivity index (χ0v) is 15.3. The Balaban J connectivity index is 1.42. The Morgan fingerprint density at radius 3 is 2.84 bits per heavy atom. The van der Waals surface area contributed by atoms with Crippen LogP contribution in [0.25, 0.3) is 0 Å². The van der Waals surface area contributed by atoms with Gasteiger partial charge in [-0.15, -0.1) is 22.0 Å². The van der Waals surface area contributed by atoms with Crippen LogP contribution in [-0.4, -0.2) is 45.0 Å². The van der Waals surface area contributed by atoms with Crippen LogP contribution in [0.2, 0.25) is 0 Å². The summed E-state index contributed by atoms with van der Waals surface area (Å²) >= 11 is 1.69. The molecule has 2 amide bonds. The van der Waals surface area contributed by atoms with E-state index in [0.29, 0.717) is 6.54 Å². The molecule has 1 fully saturated rings.